The summed E-state index contributed by atoms with van der Waals surface area (Å²) in [4.78, 5) is 0. The molecule has 0 aromatic rings. The summed E-state index contributed by atoms with van der Waals surface area (Å²) >= 11 is 0. The number of hydrogen-bond donors (Lipinski definition) is 2. The molecule has 2 nitrogen and oxygen atoms in total. The maximum atomic E-state index is 10.9. The summed E-state index contributed by atoms with van der Waals surface area (Å²) < 4.78 is 0. The minimum Gasteiger partial charge on any atom is -0.396 e. The van der Waals surface area contributed by atoms with Crippen molar-refractivity contribution in [1.82, 2.24) is 0 Å². The molecule has 0 spiro atoms. The van der Waals surface area contributed by atoms with Gasteiger partial charge in [-0.3, -0.25) is 0 Å². The summed E-state index contributed by atoms with van der Waals surface area (Å²) in [6, 6.07) is 0. The molecule has 9 atom stereocenters. The van der Waals surface area contributed by atoms with Crippen LogP contribution in [0, 0.1) is 50.2 Å². The fraction of sp³-hybridized carbons (Fsp3) is 0.867. The molecule has 32 heavy (non-hydrogen) atoms. The highest BCUT2D eigenvalue weighted by atomic mass is 16.3. The van der Waals surface area contributed by atoms with Crippen LogP contribution in [0.25, 0.3) is 0 Å². The smallest absolute Gasteiger partial charge is 0.0618 e. The molecule has 5 rings (SSSR count). The summed E-state index contributed by atoms with van der Waals surface area (Å²) in [6.07, 6.45) is 16.8. The molecule has 180 valence electrons. The van der Waals surface area contributed by atoms with Crippen LogP contribution in [0.15, 0.2) is 23.8 Å². The fourth-order valence-electron chi connectivity index (χ4n) is 10.1. The van der Waals surface area contributed by atoms with Crippen LogP contribution >= 0.6 is 0 Å². The number of aliphatic hydroxyl groups excluding tert-OH is 2. The highest BCUT2D eigenvalue weighted by Gasteiger charge is 2.68. The standard InChI is InChI=1S/C30H48O2/c1-25(2)14-15-26(3)16-17-29(6)20(21(26)18-25)8-9-23-27(4)12-11-24(32)28(5,19-31)22(27)10-13-30(23,29)7/h8,14-15,21-24,31-32H,9-13,16-19H2,1-7H3/t21-,22-,23+,24-,26+,27-,28+,29+,30+/m0/s1. The Labute approximate surface area is 197 Å². The topological polar surface area (TPSA) is 40.5 Å². The van der Waals surface area contributed by atoms with E-state index in [-0.39, 0.29) is 34.4 Å². The molecule has 2 N–H and O–H groups in total. The van der Waals surface area contributed by atoms with Crippen LogP contribution in [0.5, 0.6) is 0 Å². The zero-order valence-electron chi connectivity index (χ0n) is 21.8. The summed E-state index contributed by atoms with van der Waals surface area (Å²) in [5.41, 5.74) is 2.78. The first-order valence-electron chi connectivity index (χ1n) is 13.5. The number of hydrogen-bond acceptors (Lipinski definition) is 2. The first-order valence-corrected chi connectivity index (χ1v) is 13.5. The molecule has 0 amide bonds. The third-order valence-electron chi connectivity index (χ3n) is 12.6. The average Bonchev–Trinajstić information content (AvgIpc) is 2.73. The van der Waals surface area contributed by atoms with Crippen molar-refractivity contribution in [2.24, 2.45) is 50.2 Å². The molecule has 0 bridgehead atoms. The van der Waals surface area contributed by atoms with Gasteiger partial charge in [0.05, 0.1) is 12.7 Å². The highest BCUT2D eigenvalue weighted by molar-refractivity contribution is 5.36. The van der Waals surface area contributed by atoms with Gasteiger partial charge in [0.25, 0.3) is 0 Å². The molecular weight excluding hydrogens is 392 g/mol. The van der Waals surface area contributed by atoms with Gasteiger partial charge in [-0.25, -0.2) is 0 Å². The maximum absolute atomic E-state index is 10.9. The quantitative estimate of drug-likeness (QED) is 0.435. The SMILES string of the molecule is CC1(C)C=C[C@]2(C)CC[C@]3(C)C(=CC[C@@H]4[C@@]5(C)CC[C@H](O)[C@](C)(CO)[C@H]5CC[C@]43C)[C@@H]2C1. The first kappa shape index (κ1) is 23.2. The van der Waals surface area contributed by atoms with Crippen LogP contribution in [-0.4, -0.2) is 22.9 Å². The Kier molecular flexibility index (Phi) is 4.88. The molecule has 5 aliphatic carbocycles. The lowest BCUT2D eigenvalue weighted by atomic mass is 9.34. The maximum Gasteiger partial charge on any atom is 0.0618 e. The largest absolute Gasteiger partial charge is 0.396 e. The van der Waals surface area contributed by atoms with E-state index in [1.807, 2.05) is 0 Å². The van der Waals surface area contributed by atoms with Crippen molar-refractivity contribution in [1.29, 1.82) is 0 Å². The minimum atomic E-state index is -0.369. The van der Waals surface area contributed by atoms with E-state index < -0.39 is 0 Å². The lowest BCUT2D eigenvalue weighted by Crippen LogP contribution is -2.65. The van der Waals surface area contributed by atoms with Crippen molar-refractivity contribution in [3.63, 3.8) is 0 Å². The molecule has 0 radical (unpaired) electrons. The monoisotopic (exact) mass is 440 g/mol. The van der Waals surface area contributed by atoms with Crippen molar-refractivity contribution < 1.29 is 10.2 Å². The third kappa shape index (κ3) is 2.72. The zero-order chi connectivity index (χ0) is 23.4. The van der Waals surface area contributed by atoms with E-state index in [2.05, 4.69) is 66.7 Å². The Balaban J connectivity index is 1.58. The lowest BCUT2D eigenvalue weighted by Gasteiger charge is -2.71. The highest BCUT2D eigenvalue weighted by Crippen LogP contribution is 2.75. The Morgan fingerprint density at radius 1 is 0.875 bits per heavy atom. The van der Waals surface area contributed by atoms with Gasteiger partial charge in [0.15, 0.2) is 0 Å². The van der Waals surface area contributed by atoms with E-state index in [0.717, 1.165) is 19.3 Å². The molecule has 2 heteroatoms. The zero-order valence-corrected chi connectivity index (χ0v) is 21.8. The second-order valence-corrected chi connectivity index (χ2v) is 14.6. The molecule has 0 unspecified atom stereocenters. The van der Waals surface area contributed by atoms with Gasteiger partial charge < -0.3 is 10.2 Å². The van der Waals surface area contributed by atoms with Crippen molar-refractivity contribution in [2.75, 3.05) is 6.61 Å². The molecular formula is C30H48O2. The number of fused-ring (bicyclic) bond motifs is 7. The molecule has 0 heterocycles. The summed E-state index contributed by atoms with van der Waals surface area (Å²) in [7, 11) is 0. The Morgan fingerprint density at radius 2 is 1.59 bits per heavy atom. The normalized spacial score (nSPS) is 56.3. The second kappa shape index (κ2) is 6.75. The Hall–Kier alpha value is -0.600. The Morgan fingerprint density at radius 3 is 2.28 bits per heavy atom. The van der Waals surface area contributed by atoms with Gasteiger partial charge >= 0.3 is 0 Å². The van der Waals surface area contributed by atoms with Crippen LogP contribution in [0.3, 0.4) is 0 Å². The second-order valence-electron chi connectivity index (χ2n) is 14.6. The van der Waals surface area contributed by atoms with E-state index in [0.29, 0.717) is 28.6 Å². The molecule has 0 aliphatic heterocycles. The van der Waals surface area contributed by atoms with E-state index >= 15 is 0 Å². The third-order valence-corrected chi connectivity index (χ3v) is 12.6. The van der Waals surface area contributed by atoms with Gasteiger partial charge in [-0.05, 0) is 96.2 Å². The average molecular weight is 441 g/mol. The minimum absolute atomic E-state index is 0.109. The van der Waals surface area contributed by atoms with Gasteiger partial charge in [-0.2, -0.15) is 0 Å². The van der Waals surface area contributed by atoms with Crippen LogP contribution in [0.1, 0.15) is 99.8 Å². The molecule has 3 saturated carbocycles. The first-order chi connectivity index (χ1) is 14.8. The molecule has 3 fully saturated rings. The van der Waals surface area contributed by atoms with E-state index in [9.17, 15) is 10.2 Å². The van der Waals surface area contributed by atoms with Gasteiger partial charge in [0.2, 0.25) is 0 Å². The van der Waals surface area contributed by atoms with E-state index in [1.165, 1.54) is 32.1 Å². The molecule has 5 aliphatic rings. The van der Waals surface area contributed by atoms with Crippen molar-refractivity contribution in [3.05, 3.63) is 23.8 Å². The Bertz CT molecular complexity index is 855. The van der Waals surface area contributed by atoms with Gasteiger partial charge in [-0.15, -0.1) is 0 Å². The van der Waals surface area contributed by atoms with Crippen molar-refractivity contribution in [2.45, 2.75) is 106 Å². The van der Waals surface area contributed by atoms with E-state index in [4.69, 9.17) is 0 Å². The molecule has 0 aromatic heterocycles. The number of aliphatic hydroxyl groups is 2. The van der Waals surface area contributed by atoms with Gasteiger partial charge in [0.1, 0.15) is 0 Å². The summed E-state index contributed by atoms with van der Waals surface area (Å²) in [5.74, 6) is 1.71. The van der Waals surface area contributed by atoms with E-state index in [1.54, 1.807) is 5.57 Å². The van der Waals surface area contributed by atoms with Gasteiger partial charge in [-0.1, -0.05) is 72.3 Å². The molecule has 0 aromatic carbocycles. The molecule has 0 saturated heterocycles. The lowest BCUT2D eigenvalue weighted by molar-refractivity contribution is -0.213. The van der Waals surface area contributed by atoms with Crippen LogP contribution in [0.2, 0.25) is 0 Å². The predicted octanol–water partition coefficient (Wildman–Crippen LogP) is 6.92. The van der Waals surface area contributed by atoms with Crippen LogP contribution in [0.4, 0.5) is 0 Å². The van der Waals surface area contributed by atoms with Crippen LogP contribution in [-0.2, 0) is 0 Å². The number of rotatable bonds is 1. The van der Waals surface area contributed by atoms with Crippen molar-refractivity contribution in [3.8, 4) is 0 Å². The van der Waals surface area contributed by atoms with Crippen LogP contribution < -0.4 is 0 Å². The van der Waals surface area contributed by atoms with Gasteiger partial charge in [0, 0.05) is 5.41 Å². The fourth-order valence-corrected chi connectivity index (χ4v) is 10.1. The summed E-state index contributed by atoms with van der Waals surface area (Å²) in [6.45, 7) is 17.4. The van der Waals surface area contributed by atoms with Crippen molar-refractivity contribution >= 4 is 0 Å². The summed E-state index contributed by atoms with van der Waals surface area (Å²) in [5, 5.41) is 21.3. The number of allylic oxidation sites excluding steroid dienone is 4. The predicted molar refractivity (Wildman–Crippen MR) is 132 cm³/mol.